The first-order valence-electron chi connectivity index (χ1n) is 10.2. The number of hydrogen-bond donors (Lipinski definition) is 1. The minimum absolute atomic E-state index is 0.173. The third-order valence-electron chi connectivity index (χ3n) is 5.78. The molecule has 3 aliphatic rings. The Balaban J connectivity index is 1.33. The highest BCUT2D eigenvalue weighted by molar-refractivity contribution is 7.16. The summed E-state index contributed by atoms with van der Waals surface area (Å²) in [5, 5.41) is 3.44. The number of anilines is 1. The van der Waals surface area contributed by atoms with E-state index in [4.69, 9.17) is 9.47 Å². The van der Waals surface area contributed by atoms with E-state index in [0.717, 1.165) is 55.8 Å². The van der Waals surface area contributed by atoms with Gasteiger partial charge in [0.2, 0.25) is 12.7 Å². The highest BCUT2D eigenvalue weighted by Gasteiger charge is 2.33. The second-order valence-corrected chi connectivity index (χ2v) is 8.76. The third kappa shape index (κ3) is 3.57. The Morgan fingerprint density at radius 1 is 1.10 bits per heavy atom. The Bertz CT molecular complexity index is 951. The number of rotatable bonds is 3. The van der Waals surface area contributed by atoms with E-state index in [9.17, 15) is 9.59 Å². The van der Waals surface area contributed by atoms with Gasteiger partial charge in [-0.25, -0.2) is 4.98 Å². The largest absolute Gasteiger partial charge is 0.454 e. The van der Waals surface area contributed by atoms with Crippen LogP contribution in [0.25, 0.3) is 0 Å². The second kappa shape index (κ2) is 7.67. The number of thiazole rings is 1. The van der Waals surface area contributed by atoms with Gasteiger partial charge in [0, 0.05) is 23.5 Å². The topological polar surface area (TPSA) is 80.8 Å². The summed E-state index contributed by atoms with van der Waals surface area (Å²) >= 11 is 1.48. The van der Waals surface area contributed by atoms with Gasteiger partial charge in [0.25, 0.3) is 5.91 Å². The summed E-state index contributed by atoms with van der Waals surface area (Å²) in [5.74, 6) is 0.996. The van der Waals surface area contributed by atoms with E-state index in [-0.39, 0.29) is 24.5 Å². The molecule has 2 amide bonds. The monoisotopic (exact) mass is 413 g/mol. The lowest BCUT2D eigenvalue weighted by Crippen LogP contribution is -2.39. The predicted octanol–water partition coefficient (Wildman–Crippen LogP) is 3.56. The van der Waals surface area contributed by atoms with E-state index >= 15 is 0 Å². The van der Waals surface area contributed by atoms with Gasteiger partial charge in [-0.1, -0.05) is 0 Å². The number of piperidine rings is 1. The molecule has 1 fully saturated rings. The van der Waals surface area contributed by atoms with Crippen LogP contribution in [-0.2, 0) is 11.2 Å². The first-order chi connectivity index (χ1) is 14.2. The summed E-state index contributed by atoms with van der Waals surface area (Å²) in [5.41, 5.74) is 1.35. The van der Waals surface area contributed by atoms with Crippen molar-refractivity contribution in [3.63, 3.8) is 0 Å². The van der Waals surface area contributed by atoms with Gasteiger partial charge in [-0.3, -0.25) is 14.9 Å². The molecule has 8 heteroatoms. The molecule has 0 bridgehead atoms. The van der Waals surface area contributed by atoms with Crippen LogP contribution in [-0.4, -0.2) is 41.6 Å². The lowest BCUT2D eigenvalue weighted by atomic mass is 9.89. The number of benzene rings is 1. The van der Waals surface area contributed by atoms with Crippen LogP contribution < -0.4 is 14.8 Å². The van der Waals surface area contributed by atoms with Gasteiger partial charge in [-0.2, -0.15) is 0 Å². The molecular weight excluding hydrogens is 390 g/mol. The molecule has 2 aromatic rings. The summed E-state index contributed by atoms with van der Waals surface area (Å²) < 4.78 is 10.6. The molecule has 0 radical (unpaired) electrons. The van der Waals surface area contributed by atoms with Crippen molar-refractivity contribution in [3.8, 4) is 11.5 Å². The molecular formula is C21H23N3O4S. The summed E-state index contributed by atoms with van der Waals surface area (Å²) in [7, 11) is 0. The molecule has 5 rings (SSSR count). The minimum atomic E-state index is -0.242. The Kier molecular flexibility index (Phi) is 4.87. The van der Waals surface area contributed by atoms with Crippen molar-refractivity contribution >= 4 is 28.3 Å². The maximum atomic E-state index is 13.1. The number of nitrogens with zero attached hydrogens (tertiary/aromatic N) is 2. The van der Waals surface area contributed by atoms with Crippen molar-refractivity contribution in [3.05, 3.63) is 34.3 Å². The summed E-state index contributed by atoms with van der Waals surface area (Å²) in [4.78, 5) is 33.5. The molecule has 0 saturated carbocycles. The highest BCUT2D eigenvalue weighted by atomic mass is 32.1. The van der Waals surface area contributed by atoms with Gasteiger partial charge in [-0.05, 0) is 56.7 Å². The van der Waals surface area contributed by atoms with E-state index in [1.807, 2.05) is 4.90 Å². The lowest BCUT2D eigenvalue weighted by Gasteiger charge is -2.31. The normalized spacial score (nSPS) is 20.3. The smallest absolute Gasteiger partial charge is 0.257 e. The minimum Gasteiger partial charge on any atom is -0.454 e. The Labute approximate surface area is 173 Å². The zero-order chi connectivity index (χ0) is 19.8. The van der Waals surface area contributed by atoms with Gasteiger partial charge in [0.05, 0.1) is 11.6 Å². The van der Waals surface area contributed by atoms with Crippen LogP contribution in [0.2, 0.25) is 0 Å². The molecule has 152 valence electrons. The maximum Gasteiger partial charge on any atom is 0.257 e. The summed E-state index contributed by atoms with van der Waals surface area (Å²) in [6, 6.07) is 5.12. The zero-order valence-electron chi connectivity index (χ0n) is 16.1. The van der Waals surface area contributed by atoms with Gasteiger partial charge >= 0.3 is 0 Å². The maximum absolute atomic E-state index is 13.1. The van der Waals surface area contributed by atoms with Gasteiger partial charge in [-0.15, -0.1) is 11.3 Å². The molecule has 1 saturated heterocycles. The van der Waals surface area contributed by atoms with Crippen LogP contribution in [0.15, 0.2) is 18.2 Å². The van der Waals surface area contributed by atoms with E-state index in [2.05, 4.69) is 10.3 Å². The number of ether oxygens (including phenoxy) is 2. The van der Waals surface area contributed by atoms with Crippen LogP contribution in [0.5, 0.6) is 11.5 Å². The number of fused-ring (bicyclic) bond motifs is 2. The summed E-state index contributed by atoms with van der Waals surface area (Å²) in [6.07, 6.45) is 6.10. The van der Waals surface area contributed by atoms with Crippen molar-refractivity contribution in [2.75, 3.05) is 25.2 Å². The second-order valence-electron chi connectivity index (χ2n) is 7.68. The van der Waals surface area contributed by atoms with Crippen molar-refractivity contribution in [2.45, 2.75) is 44.4 Å². The lowest BCUT2D eigenvalue weighted by molar-refractivity contribution is -0.134. The number of aryl methyl sites for hydroxylation is 1. The molecule has 0 unspecified atom stereocenters. The van der Waals surface area contributed by atoms with Crippen LogP contribution in [0.4, 0.5) is 5.13 Å². The van der Waals surface area contributed by atoms with Gasteiger partial charge in [0.15, 0.2) is 16.6 Å². The van der Waals surface area contributed by atoms with Crippen LogP contribution >= 0.6 is 11.3 Å². The average Bonchev–Trinajstić information content (AvgIpc) is 3.39. The molecule has 29 heavy (non-hydrogen) atoms. The Morgan fingerprint density at radius 2 is 1.93 bits per heavy atom. The Morgan fingerprint density at radius 3 is 2.79 bits per heavy atom. The number of likely N-dealkylation sites (tertiary alicyclic amines) is 1. The number of amides is 2. The predicted molar refractivity (Wildman–Crippen MR) is 109 cm³/mol. The van der Waals surface area contributed by atoms with Crippen molar-refractivity contribution in [2.24, 2.45) is 0 Å². The molecule has 7 nitrogen and oxygen atoms in total. The molecule has 3 heterocycles. The van der Waals surface area contributed by atoms with Crippen molar-refractivity contribution in [1.29, 1.82) is 0 Å². The molecule has 1 atom stereocenters. The fourth-order valence-corrected chi connectivity index (χ4v) is 5.31. The number of carbonyl (C=O) groups is 2. The zero-order valence-corrected chi connectivity index (χ0v) is 16.9. The molecule has 1 N–H and O–H groups in total. The molecule has 1 aromatic heterocycles. The first-order valence-corrected chi connectivity index (χ1v) is 11.0. The standard InChI is InChI=1S/C21H23N3O4S/c25-19(13-7-8-15-16(11-13)28-12-27-15)23-21-22-18-14(5-4-6-17(18)29-21)20(26)24-9-2-1-3-10-24/h7-8,11,14H,1-6,9-10,12H2,(H,22,23,25)/t14-/m0/s1. The first kappa shape index (κ1) is 18.4. The average molecular weight is 413 g/mol. The highest BCUT2D eigenvalue weighted by Crippen LogP contribution is 2.38. The van der Waals surface area contributed by atoms with Crippen LogP contribution in [0, 0.1) is 0 Å². The van der Waals surface area contributed by atoms with Crippen molar-refractivity contribution < 1.29 is 19.1 Å². The van der Waals surface area contributed by atoms with Crippen molar-refractivity contribution in [1.82, 2.24) is 9.88 Å². The van der Waals surface area contributed by atoms with E-state index in [1.54, 1.807) is 18.2 Å². The number of aromatic nitrogens is 1. The molecule has 2 aliphatic heterocycles. The third-order valence-corrected chi connectivity index (χ3v) is 6.82. The number of nitrogens with one attached hydrogen (secondary N) is 1. The quantitative estimate of drug-likeness (QED) is 0.832. The van der Waals surface area contributed by atoms with Crippen LogP contribution in [0.1, 0.15) is 59.0 Å². The molecule has 1 aliphatic carbocycles. The van der Waals surface area contributed by atoms with E-state index in [0.29, 0.717) is 22.2 Å². The summed E-state index contributed by atoms with van der Waals surface area (Å²) in [6.45, 7) is 1.87. The number of hydrogen-bond acceptors (Lipinski definition) is 6. The van der Waals surface area contributed by atoms with E-state index in [1.165, 1.54) is 17.8 Å². The van der Waals surface area contributed by atoms with E-state index < -0.39 is 0 Å². The SMILES string of the molecule is O=C(Nc1nc2c(s1)CCC[C@@H]2C(=O)N1CCCCC1)c1ccc2c(c1)OCO2. The van der Waals surface area contributed by atoms with Gasteiger partial charge < -0.3 is 14.4 Å². The number of carbonyl (C=O) groups excluding carboxylic acids is 2. The van der Waals surface area contributed by atoms with Crippen LogP contribution in [0.3, 0.4) is 0 Å². The molecule has 0 spiro atoms. The van der Waals surface area contributed by atoms with Gasteiger partial charge in [0.1, 0.15) is 0 Å². The fourth-order valence-electron chi connectivity index (χ4n) is 4.25. The fraction of sp³-hybridized carbons (Fsp3) is 0.476. The molecule has 1 aromatic carbocycles. The Hall–Kier alpha value is -2.61.